The van der Waals surface area contributed by atoms with Gasteiger partial charge < -0.3 is 10.2 Å². The summed E-state index contributed by atoms with van der Waals surface area (Å²) in [7, 11) is 0. The van der Waals surface area contributed by atoms with E-state index in [9.17, 15) is 10.2 Å². The van der Waals surface area contributed by atoms with Gasteiger partial charge in [0.05, 0.1) is 6.10 Å². The highest BCUT2D eigenvalue weighted by Gasteiger charge is 2.08. The maximum atomic E-state index is 9.99. The molecule has 0 saturated heterocycles. The molecule has 1 unspecified atom stereocenters. The second-order valence-corrected chi connectivity index (χ2v) is 3.80. The zero-order chi connectivity index (χ0) is 11.4. The summed E-state index contributed by atoms with van der Waals surface area (Å²) in [5, 5.41) is 19.3. The first-order chi connectivity index (χ1) is 7.75. The summed E-state index contributed by atoms with van der Waals surface area (Å²) in [5.41, 5.74) is 1.82. The Morgan fingerprint density at radius 1 is 0.938 bits per heavy atom. The van der Waals surface area contributed by atoms with Crippen LogP contribution in [-0.4, -0.2) is 10.2 Å². The Balaban J connectivity index is 2.12. The molecular formula is C14H14O2. The predicted octanol–water partition coefficient (Wildman–Crippen LogP) is 2.67. The van der Waals surface area contributed by atoms with Crippen LogP contribution >= 0.6 is 0 Å². The molecule has 0 aromatic heterocycles. The van der Waals surface area contributed by atoms with Crippen LogP contribution in [0.2, 0.25) is 0 Å². The number of benzene rings is 2. The van der Waals surface area contributed by atoms with Crippen LogP contribution in [0.15, 0.2) is 54.6 Å². The van der Waals surface area contributed by atoms with Crippen molar-refractivity contribution in [3.05, 3.63) is 65.7 Å². The fraction of sp³-hybridized carbons (Fsp3) is 0.143. The SMILES string of the molecule is Oc1cccc(C(O)Cc2ccccc2)c1. The average molecular weight is 214 g/mol. The zero-order valence-electron chi connectivity index (χ0n) is 8.88. The summed E-state index contributed by atoms with van der Waals surface area (Å²) >= 11 is 0. The van der Waals surface area contributed by atoms with Crippen LogP contribution in [0, 0.1) is 0 Å². The molecule has 0 fully saturated rings. The van der Waals surface area contributed by atoms with E-state index in [-0.39, 0.29) is 5.75 Å². The summed E-state index contributed by atoms with van der Waals surface area (Å²) in [4.78, 5) is 0. The first kappa shape index (κ1) is 10.7. The lowest BCUT2D eigenvalue weighted by molar-refractivity contribution is 0.178. The smallest absolute Gasteiger partial charge is 0.115 e. The van der Waals surface area contributed by atoms with Crippen molar-refractivity contribution >= 4 is 0 Å². The van der Waals surface area contributed by atoms with Crippen LogP contribution in [0.25, 0.3) is 0 Å². The highest BCUT2D eigenvalue weighted by Crippen LogP contribution is 2.21. The maximum absolute atomic E-state index is 9.99. The molecule has 2 rings (SSSR count). The molecule has 1 atom stereocenters. The molecule has 0 aliphatic rings. The number of aliphatic hydroxyl groups excluding tert-OH is 1. The minimum absolute atomic E-state index is 0.185. The molecular weight excluding hydrogens is 200 g/mol. The van der Waals surface area contributed by atoms with Crippen molar-refractivity contribution in [2.75, 3.05) is 0 Å². The molecule has 0 aliphatic carbocycles. The third-order valence-corrected chi connectivity index (χ3v) is 2.53. The summed E-state index contributed by atoms with van der Waals surface area (Å²) in [6.07, 6.45) is -0.0147. The first-order valence-corrected chi connectivity index (χ1v) is 5.26. The molecule has 0 radical (unpaired) electrons. The number of hydrogen-bond acceptors (Lipinski definition) is 2. The summed E-state index contributed by atoms with van der Waals surface area (Å²) < 4.78 is 0. The molecule has 0 saturated carbocycles. The minimum atomic E-state index is -0.575. The van der Waals surface area contributed by atoms with Crippen LogP contribution in [0.1, 0.15) is 17.2 Å². The Morgan fingerprint density at radius 2 is 1.69 bits per heavy atom. The van der Waals surface area contributed by atoms with Crippen LogP contribution < -0.4 is 0 Å². The minimum Gasteiger partial charge on any atom is -0.508 e. The van der Waals surface area contributed by atoms with E-state index >= 15 is 0 Å². The van der Waals surface area contributed by atoms with E-state index in [4.69, 9.17) is 0 Å². The van der Waals surface area contributed by atoms with Gasteiger partial charge in [-0.1, -0.05) is 42.5 Å². The van der Waals surface area contributed by atoms with Gasteiger partial charge in [0.2, 0.25) is 0 Å². The van der Waals surface area contributed by atoms with Crippen LogP contribution in [0.4, 0.5) is 0 Å². The van der Waals surface area contributed by atoms with E-state index in [1.165, 1.54) is 0 Å². The molecule has 0 spiro atoms. The average Bonchev–Trinajstić information content (AvgIpc) is 2.30. The van der Waals surface area contributed by atoms with E-state index in [1.807, 2.05) is 36.4 Å². The predicted molar refractivity (Wildman–Crippen MR) is 63.2 cm³/mol. The Kier molecular flexibility index (Phi) is 3.22. The number of aliphatic hydroxyl groups is 1. The lowest BCUT2D eigenvalue weighted by atomic mass is 10.0. The number of rotatable bonds is 3. The highest BCUT2D eigenvalue weighted by molar-refractivity contribution is 5.29. The van der Waals surface area contributed by atoms with Crippen molar-refractivity contribution in [1.29, 1.82) is 0 Å². The second-order valence-electron chi connectivity index (χ2n) is 3.80. The van der Waals surface area contributed by atoms with Crippen LogP contribution in [0.5, 0.6) is 5.75 Å². The lowest BCUT2D eigenvalue weighted by Gasteiger charge is -2.11. The molecule has 0 aliphatic heterocycles. The van der Waals surface area contributed by atoms with Crippen LogP contribution in [0.3, 0.4) is 0 Å². The van der Waals surface area contributed by atoms with Crippen molar-refractivity contribution < 1.29 is 10.2 Å². The summed E-state index contributed by atoms with van der Waals surface area (Å²) in [6, 6.07) is 16.5. The molecule has 2 aromatic rings. The monoisotopic (exact) mass is 214 g/mol. The molecule has 2 aromatic carbocycles. The molecule has 2 heteroatoms. The molecule has 0 heterocycles. The van der Waals surface area contributed by atoms with Gasteiger partial charge in [0.25, 0.3) is 0 Å². The lowest BCUT2D eigenvalue weighted by Crippen LogP contribution is -2.01. The summed E-state index contributed by atoms with van der Waals surface area (Å²) in [5.74, 6) is 0.185. The van der Waals surface area contributed by atoms with Gasteiger partial charge in [0.15, 0.2) is 0 Å². The van der Waals surface area contributed by atoms with Gasteiger partial charge in [-0.05, 0) is 23.3 Å². The van der Waals surface area contributed by atoms with Crippen molar-refractivity contribution in [2.24, 2.45) is 0 Å². The third-order valence-electron chi connectivity index (χ3n) is 2.53. The van der Waals surface area contributed by atoms with E-state index < -0.39 is 6.10 Å². The van der Waals surface area contributed by atoms with E-state index in [0.29, 0.717) is 6.42 Å². The molecule has 16 heavy (non-hydrogen) atoms. The first-order valence-electron chi connectivity index (χ1n) is 5.26. The second kappa shape index (κ2) is 4.81. The normalized spacial score (nSPS) is 12.3. The Bertz CT molecular complexity index is 451. The number of phenolic OH excluding ortho intramolecular Hbond substituents is 1. The van der Waals surface area contributed by atoms with Crippen molar-refractivity contribution in [1.82, 2.24) is 0 Å². The van der Waals surface area contributed by atoms with E-state index in [2.05, 4.69) is 0 Å². The highest BCUT2D eigenvalue weighted by atomic mass is 16.3. The van der Waals surface area contributed by atoms with Gasteiger partial charge in [0.1, 0.15) is 5.75 Å². The molecule has 2 nitrogen and oxygen atoms in total. The molecule has 0 amide bonds. The number of aromatic hydroxyl groups is 1. The largest absolute Gasteiger partial charge is 0.508 e. The van der Waals surface area contributed by atoms with Crippen molar-refractivity contribution in [3.8, 4) is 5.75 Å². The van der Waals surface area contributed by atoms with E-state index in [0.717, 1.165) is 11.1 Å². The van der Waals surface area contributed by atoms with Gasteiger partial charge in [-0.2, -0.15) is 0 Å². The standard InChI is InChI=1S/C14H14O2/c15-13-8-4-7-12(10-13)14(16)9-11-5-2-1-3-6-11/h1-8,10,14-16H,9H2. The summed E-state index contributed by atoms with van der Waals surface area (Å²) in [6.45, 7) is 0. The van der Waals surface area contributed by atoms with Gasteiger partial charge in [-0.3, -0.25) is 0 Å². The van der Waals surface area contributed by atoms with Crippen molar-refractivity contribution in [3.63, 3.8) is 0 Å². The van der Waals surface area contributed by atoms with E-state index in [1.54, 1.807) is 18.2 Å². The molecule has 2 N–H and O–H groups in total. The fourth-order valence-corrected chi connectivity index (χ4v) is 1.69. The Morgan fingerprint density at radius 3 is 2.38 bits per heavy atom. The Hall–Kier alpha value is -1.80. The number of phenols is 1. The maximum Gasteiger partial charge on any atom is 0.115 e. The third kappa shape index (κ3) is 2.61. The Labute approximate surface area is 94.8 Å². The molecule has 0 bridgehead atoms. The van der Waals surface area contributed by atoms with Crippen molar-refractivity contribution in [2.45, 2.75) is 12.5 Å². The molecule has 82 valence electrons. The fourth-order valence-electron chi connectivity index (χ4n) is 1.69. The van der Waals surface area contributed by atoms with Gasteiger partial charge >= 0.3 is 0 Å². The zero-order valence-corrected chi connectivity index (χ0v) is 8.88. The van der Waals surface area contributed by atoms with Gasteiger partial charge in [0, 0.05) is 6.42 Å². The quantitative estimate of drug-likeness (QED) is 0.824. The topological polar surface area (TPSA) is 40.5 Å². The van der Waals surface area contributed by atoms with Gasteiger partial charge in [-0.25, -0.2) is 0 Å². The number of hydrogen-bond donors (Lipinski definition) is 2. The van der Waals surface area contributed by atoms with Crippen LogP contribution in [-0.2, 0) is 6.42 Å². The van der Waals surface area contributed by atoms with Gasteiger partial charge in [-0.15, -0.1) is 0 Å².